The van der Waals surface area contributed by atoms with Crippen molar-refractivity contribution in [3.05, 3.63) is 46.7 Å². The van der Waals surface area contributed by atoms with Crippen molar-refractivity contribution < 1.29 is 4.74 Å². The summed E-state index contributed by atoms with van der Waals surface area (Å²) in [6, 6.07) is 5.58. The van der Waals surface area contributed by atoms with Gasteiger partial charge >= 0.3 is 0 Å². The van der Waals surface area contributed by atoms with Crippen molar-refractivity contribution >= 4 is 11.6 Å². The normalized spacial score (nSPS) is 12.4. The van der Waals surface area contributed by atoms with Gasteiger partial charge in [-0.3, -0.25) is 4.68 Å². The van der Waals surface area contributed by atoms with E-state index in [0.29, 0.717) is 17.4 Å². The molecular formula is C13H16ClN3O. The van der Waals surface area contributed by atoms with Gasteiger partial charge in [0.2, 0.25) is 0 Å². The number of nitrogens with zero attached hydrogens (tertiary/aromatic N) is 2. The summed E-state index contributed by atoms with van der Waals surface area (Å²) in [7, 11) is 1.87. The van der Waals surface area contributed by atoms with Gasteiger partial charge in [0, 0.05) is 24.8 Å². The molecule has 0 aliphatic rings. The van der Waals surface area contributed by atoms with Crippen molar-refractivity contribution in [2.24, 2.45) is 12.8 Å². The maximum absolute atomic E-state index is 6.14. The zero-order chi connectivity index (χ0) is 13.1. The minimum Gasteiger partial charge on any atom is -0.487 e. The molecular weight excluding hydrogens is 250 g/mol. The molecule has 1 heterocycles. The van der Waals surface area contributed by atoms with Crippen molar-refractivity contribution in [2.75, 3.05) is 0 Å². The maximum Gasteiger partial charge on any atom is 0.138 e. The van der Waals surface area contributed by atoms with Crippen molar-refractivity contribution in [1.29, 1.82) is 0 Å². The fourth-order valence-electron chi connectivity index (χ4n) is 1.62. The Morgan fingerprint density at radius 2 is 2.28 bits per heavy atom. The van der Waals surface area contributed by atoms with Gasteiger partial charge in [-0.1, -0.05) is 17.7 Å². The number of rotatable bonds is 4. The number of nitrogens with two attached hydrogens (primary N) is 1. The Morgan fingerprint density at radius 3 is 2.83 bits per heavy atom. The van der Waals surface area contributed by atoms with Gasteiger partial charge in [-0.2, -0.15) is 5.10 Å². The van der Waals surface area contributed by atoms with Gasteiger partial charge in [-0.05, 0) is 24.6 Å². The number of benzene rings is 1. The fourth-order valence-corrected chi connectivity index (χ4v) is 1.87. The first kappa shape index (κ1) is 12.9. The largest absolute Gasteiger partial charge is 0.487 e. The van der Waals surface area contributed by atoms with Crippen LogP contribution in [0.25, 0.3) is 0 Å². The van der Waals surface area contributed by atoms with Crippen LogP contribution in [-0.4, -0.2) is 9.78 Å². The number of ether oxygens (including phenoxy) is 1. The molecule has 2 rings (SSSR count). The van der Waals surface area contributed by atoms with E-state index in [1.54, 1.807) is 10.9 Å². The van der Waals surface area contributed by atoms with Gasteiger partial charge in [0.05, 0.1) is 11.2 Å². The van der Waals surface area contributed by atoms with Gasteiger partial charge in [-0.25, -0.2) is 0 Å². The summed E-state index contributed by atoms with van der Waals surface area (Å²) in [6.45, 7) is 2.37. The molecule has 1 atom stereocenters. The fraction of sp³-hybridized carbons (Fsp3) is 0.308. The predicted octanol–water partition coefficient (Wildman–Crippen LogP) is 2.67. The molecule has 18 heavy (non-hydrogen) atoms. The summed E-state index contributed by atoms with van der Waals surface area (Å²) in [4.78, 5) is 0. The maximum atomic E-state index is 6.14. The standard InChI is InChI=1S/C13H16ClN3O/c1-9(15)11-3-4-13(12(14)5-11)18-8-10-6-16-17(2)7-10/h3-7,9H,8,15H2,1-2H3/t9-/m0/s1. The Morgan fingerprint density at radius 1 is 1.50 bits per heavy atom. The van der Waals surface area contributed by atoms with Crippen molar-refractivity contribution in [1.82, 2.24) is 9.78 Å². The van der Waals surface area contributed by atoms with E-state index in [-0.39, 0.29) is 6.04 Å². The van der Waals surface area contributed by atoms with Gasteiger partial charge in [0.25, 0.3) is 0 Å². The third-order valence-corrected chi connectivity index (χ3v) is 2.93. The van der Waals surface area contributed by atoms with E-state index in [0.717, 1.165) is 11.1 Å². The molecule has 1 aromatic carbocycles. The Bertz CT molecular complexity index is 537. The van der Waals surface area contributed by atoms with Crippen LogP contribution in [0.4, 0.5) is 0 Å². The Labute approximate surface area is 111 Å². The lowest BCUT2D eigenvalue weighted by atomic mass is 10.1. The highest BCUT2D eigenvalue weighted by atomic mass is 35.5. The van der Waals surface area contributed by atoms with Gasteiger partial charge in [-0.15, -0.1) is 0 Å². The van der Waals surface area contributed by atoms with E-state index in [1.165, 1.54) is 0 Å². The van der Waals surface area contributed by atoms with Crippen molar-refractivity contribution in [3.8, 4) is 5.75 Å². The average Bonchev–Trinajstić information content (AvgIpc) is 2.73. The summed E-state index contributed by atoms with van der Waals surface area (Å²) >= 11 is 6.14. The van der Waals surface area contributed by atoms with E-state index in [1.807, 2.05) is 38.4 Å². The highest BCUT2D eigenvalue weighted by Gasteiger charge is 2.06. The first-order chi connectivity index (χ1) is 8.56. The minimum atomic E-state index is -0.0325. The third-order valence-electron chi connectivity index (χ3n) is 2.63. The number of aromatic nitrogens is 2. The molecule has 96 valence electrons. The number of halogens is 1. The van der Waals surface area contributed by atoms with Gasteiger partial charge in [0.15, 0.2) is 0 Å². The monoisotopic (exact) mass is 265 g/mol. The SMILES string of the molecule is C[C@H](N)c1ccc(OCc2cnn(C)c2)c(Cl)c1. The molecule has 2 N–H and O–H groups in total. The van der Waals surface area contributed by atoms with Crippen LogP contribution in [0, 0.1) is 0 Å². The van der Waals surface area contributed by atoms with Crippen LogP contribution >= 0.6 is 11.6 Å². The molecule has 0 unspecified atom stereocenters. The molecule has 0 saturated heterocycles. The lowest BCUT2D eigenvalue weighted by Gasteiger charge is -2.10. The molecule has 4 nitrogen and oxygen atoms in total. The molecule has 2 aromatic rings. The van der Waals surface area contributed by atoms with Crippen molar-refractivity contribution in [3.63, 3.8) is 0 Å². The highest BCUT2D eigenvalue weighted by molar-refractivity contribution is 6.32. The van der Waals surface area contributed by atoms with Crippen LogP contribution < -0.4 is 10.5 Å². The summed E-state index contributed by atoms with van der Waals surface area (Å²) < 4.78 is 7.38. The van der Waals surface area contributed by atoms with Crippen LogP contribution in [0.3, 0.4) is 0 Å². The van der Waals surface area contributed by atoms with E-state index >= 15 is 0 Å². The smallest absolute Gasteiger partial charge is 0.138 e. The summed E-state index contributed by atoms with van der Waals surface area (Å²) in [6.07, 6.45) is 3.68. The predicted molar refractivity (Wildman–Crippen MR) is 71.6 cm³/mol. The van der Waals surface area contributed by atoms with E-state index < -0.39 is 0 Å². The summed E-state index contributed by atoms with van der Waals surface area (Å²) in [5.41, 5.74) is 7.79. The zero-order valence-corrected chi connectivity index (χ0v) is 11.2. The second-order valence-electron chi connectivity index (χ2n) is 4.29. The Hall–Kier alpha value is -1.52. The van der Waals surface area contributed by atoms with E-state index in [9.17, 15) is 0 Å². The first-order valence-electron chi connectivity index (χ1n) is 5.71. The quantitative estimate of drug-likeness (QED) is 0.925. The molecule has 0 spiro atoms. The van der Waals surface area contributed by atoms with Gasteiger partial charge < -0.3 is 10.5 Å². The Balaban J connectivity index is 2.05. The van der Waals surface area contributed by atoms with Gasteiger partial charge in [0.1, 0.15) is 12.4 Å². The van der Waals surface area contributed by atoms with Crippen LogP contribution in [-0.2, 0) is 13.7 Å². The number of hydrogen-bond donors (Lipinski definition) is 1. The molecule has 0 amide bonds. The second kappa shape index (κ2) is 5.42. The molecule has 0 bridgehead atoms. The van der Waals surface area contributed by atoms with E-state index in [4.69, 9.17) is 22.1 Å². The molecule has 1 aromatic heterocycles. The molecule has 0 aliphatic carbocycles. The zero-order valence-electron chi connectivity index (χ0n) is 10.4. The lowest BCUT2D eigenvalue weighted by Crippen LogP contribution is -2.05. The first-order valence-corrected chi connectivity index (χ1v) is 6.09. The number of aryl methyl sites for hydroxylation is 1. The van der Waals surface area contributed by atoms with Crippen LogP contribution in [0.2, 0.25) is 5.02 Å². The van der Waals surface area contributed by atoms with Crippen LogP contribution in [0.15, 0.2) is 30.6 Å². The Kier molecular flexibility index (Phi) is 3.89. The lowest BCUT2D eigenvalue weighted by molar-refractivity contribution is 0.306. The molecule has 0 radical (unpaired) electrons. The topological polar surface area (TPSA) is 53.1 Å². The third kappa shape index (κ3) is 3.03. The second-order valence-corrected chi connectivity index (χ2v) is 4.70. The molecule has 0 saturated carbocycles. The average molecular weight is 266 g/mol. The minimum absolute atomic E-state index is 0.0325. The molecule has 0 aliphatic heterocycles. The number of hydrogen-bond acceptors (Lipinski definition) is 3. The molecule has 0 fully saturated rings. The van der Waals surface area contributed by atoms with Crippen molar-refractivity contribution in [2.45, 2.75) is 19.6 Å². The molecule has 5 heteroatoms. The highest BCUT2D eigenvalue weighted by Crippen LogP contribution is 2.27. The van der Waals surface area contributed by atoms with Crippen LogP contribution in [0.5, 0.6) is 5.75 Å². The van der Waals surface area contributed by atoms with Crippen LogP contribution in [0.1, 0.15) is 24.1 Å². The summed E-state index contributed by atoms with van der Waals surface area (Å²) in [5.74, 6) is 0.657. The summed E-state index contributed by atoms with van der Waals surface area (Å²) in [5, 5.41) is 4.65. The van der Waals surface area contributed by atoms with E-state index in [2.05, 4.69) is 5.10 Å².